The van der Waals surface area contributed by atoms with E-state index in [4.69, 9.17) is 9.47 Å². The minimum atomic E-state index is -0.199. The first-order chi connectivity index (χ1) is 13.7. The maximum Gasteiger partial charge on any atom is 0.251 e. The van der Waals surface area contributed by atoms with Crippen molar-refractivity contribution in [3.63, 3.8) is 0 Å². The third-order valence-electron chi connectivity index (χ3n) is 4.15. The van der Waals surface area contributed by atoms with Crippen LogP contribution in [0.5, 0.6) is 11.5 Å². The molecular formula is C19H17N5O3S. The second kappa shape index (κ2) is 7.65. The van der Waals surface area contributed by atoms with Gasteiger partial charge < -0.3 is 14.8 Å². The number of aromatic nitrogens is 4. The third kappa shape index (κ3) is 3.65. The molecule has 2 aromatic heterocycles. The van der Waals surface area contributed by atoms with Crippen molar-refractivity contribution in [2.24, 2.45) is 0 Å². The lowest BCUT2D eigenvalue weighted by molar-refractivity contribution is 0.0950. The largest absolute Gasteiger partial charge is 0.497 e. The summed E-state index contributed by atoms with van der Waals surface area (Å²) in [7, 11) is 3.10. The van der Waals surface area contributed by atoms with Crippen LogP contribution in [0.2, 0.25) is 0 Å². The van der Waals surface area contributed by atoms with Crippen molar-refractivity contribution in [1.82, 2.24) is 25.1 Å². The van der Waals surface area contributed by atoms with Gasteiger partial charge in [0.25, 0.3) is 5.91 Å². The van der Waals surface area contributed by atoms with Gasteiger partial charge in [-0.05, 0) is 17.7 Å². The number of hydrogen-bond acceptors (Lipinski definition) is 7. The lowest BCUT2D eigenvalue weighted by Gasteiger charge is -2.09. The highest BCUT2D eigenvalue weighted by molar-refractivity contribution is 7.19. The SMILES string of the molecule is COc1cc(OC)cc(C(=O)NCc2ccc(-c3nn4cnnc4s3)cc2)c1. The fraction of sp³-hybridized carbons (Fsp3) is 0.158. The van der Waals surface area contributed by atoms with Crippen molar-refractivity contribution in [2.75, 3.05) is 14.2 Å². The quantitative estimate of drug-likeness (QED) is 0.540. The normalized spacial score (nSPS) is 10.8. The predicted octanol–water partition coefficient (Wildman–Crippen LogP) is 2.80. The van der Waals surface area contributed by atoms with Crippen LogP contribution in [0.4, 0.5) is 0 Å². The van der Waals surface area contributed by atoms with E-state index in [1.807, 2.05) is 24.3 Å². The van der Waals surface area contributed by atoms with E-state index in [1.165, 1.54) is 11.3 Å². The molecule has 0 bridgehead atoms. The van der Waals surface area contributed by atoms with E-state index in [2.05, 4.69) is 20.6 Å². The number of nitrogens with zero attached hydrogens (tertiary/aromatic N) is 4. The van der Waals surface area contributed by atoms with E-state index < -0.39 is 0 Å². The van der Waals surface area contributed by atoms with Gasteiger partial charge in [0.2, 0.25) is 4.96 Å². The standard InChI is InChI=1S/C19H17N5O3S/c1-26-15-7-14(8-16(9-15)27-2)17(25)20-10-12-3-5-13(6-4-12)18-23-24-11-21-22-19(24)28-18/h3-9,11H,10H2,1-2H3,(H,20,25). The Morgan fingerprint density at radius 3 is 2.46 bits per heavy atom. The molecule has 0 spiro atoms. The molecule has 4 aromatic rings. The summed E-state index contributed by atoms with van der Waals surface area (Å²) < 4.78 is 12.1. The van der Waals surface area contributed by atoms with Crippen LogP contribution >= 0.6 is 11.3 Å². The number of hydrogen-bond donors (Lipinski definition) is 1. The number of carbonyl (C=O) groups is 1. The van der Waals surface area contributed by atoms with E-state index in [0.29, 0.717) is 23.6 Å². The number of methoxy groups -OCH3 is 2. The Morgan fingerprint density at radius 1 is 1.11 bits per heavy atom. The van der Waals surface area contributed by atoms with Crippen molar-refractivity contribution in [1.29, 1.82) is 0 Å². The molecule has 1 amide bonds. The van der Waals surface area contributed by atoms with Crippen LogP contribution in [-0.2, 0) is 6.54 Å². The Hall–Kier alpha value is -3.46. The van der Waals surface area contributed by atoms with Crippen molar-refractivity contribution in [3.8, 4) is 22.1 Å². The van der Waals surface area contributed by atoms with Gasteiger partial charge in [0.1, 0.15) is 22.8 Å². The Balaban J connectivity index is 1.43. The van der Waals surface area contributed by atoms with Gasteiger partial charge in [0.05, 0.1) is 14.2 Å². The Bertz CT molecular complexity index is 1070. The van der Waals surface area contributed by atoms with E-state index in [9.17, 15) is 4.79 Å². The minimum Gasteiger partial charge on any atom is -0.497 e. The zero-order chi connectivity index (χ0) is 19.5. The Morgan fingerprint density at radius 2 is 1.82 bits per heavy atom. The molecule has 1 N–H and O–H groups in total. The van der Waals surface area contributed by atoms with Crippen LogP contribution in [0.15, 0.2) is 48.8 Å². The number of nitrogens with one attached hydrogen (secondary N) is 1. The van der Waals surface area contributed by atoms with Crippen LogP contribution in [0, 0.1) is 0 Å². The molecule has 9 heteroatoms. The summed E-state index contributed by atoms with van der Waals surface area (Å²) in [4.78, 5) is 13.2. The second-order valence-corrected chi connectivity index (χ2v) is 6.90. The molecule has 28 heavy (non-hydrogen) atoms. The van der Waals surface area contributed by atoms with E-state index in [-0.39, 0.29) is 5.91 Å². The molecule has 2 aromatic carbocycles. The highest BCUT2D eigenvalue weighted by Crippen LogP contribution is 2.25. The maximum absolute atomic E-state index is 12.5. The summed E-state index contributed by atoms with van der Waals surface area (Å²) in [6.45, 7) is 0.406. The number of fused-ring (bicyclic) bond motifs is 1. The third-order valence-corrected chi connectivity index (χ3v) is 5.12. The number of ether oxygens (including phenoxy) is 2. The van der Waals surface area contributed by atoms with Gasteiger partial charge in [0.15, 0.2) is 0 Å². The topological polar surface area (TPSA) is 90.6 Å². The molecule has 0 radical (unpaired) electrons. The monoisotopic (exact) mass is 395 g/mol. The fourth-order valence-electron chi connectivity index (χ4n) is 2.66. The molecule has 142 valence electrons. The number of amides is 1. The van der Waals surface area contributed by atoms with Gasteiger partial charge in [-0.3, -0.25) is 4.79 Å². The number of carbonyl (C=O) groups excluding carboxylic acids is 1. The minimum absolute atomic E-state index is 0.199. The summed E-state index contributed by atoms with van der Waals surface area (Å²) in [5.74, 6) is 0.938. The van der Waals surface area contributed by atoms with Gasteiger partial charge >= 0.3 is 0 Å². The van der Waals surface area contributed by atoms with Crippen LogP contribution in [0.1, 0.15) is 15.9 Å². The molecule has 0 fully saturated rings. The van der Waals surface area contributed by atoms with Gasteiger partial charge in [-0.2, -0.15) is 9.61 Å². The van der Waals surface area contributed by atoms with Gasteiger partial charge in [-0.15, -0.1) is 10.2 Å². The molecule has 0 unspecified atom stereocenters. The maximum atomic E-state index is 12.5. The van der Waals surface area contributed by atoms with E-state index in [1.54, 1.807) is 43.3 Å². The Kier molecular flexibility index (Phi) is 4.90. The number of benzene rings is 2. The molecule has 0 aliphatic heterocycles. The average Bonchev–Trinajstić information content (AvgIpc) is 3.34. The first-order valence-corrected chi connectivity index (χ1v) is 9.25. The predicted molar refractivity (Wildman–Crippen MR) is 105 cm³/mol. The van der Waals surface area contributed by atoms with Gasteiger partial charge in [-0.25, -0.2) is 0 Å². The summed E-state index contributed by atoms with van der Waals surface area (Å²) in [6, 6.07) is 12.9. The van der Waals surface area contributed by atoms with Gasteiger partial charge in [-0.1, -0.05) is 35.6 Å². The van der Waals surface area contributed by atoms with Crippen molar-refractivity contribution in [2.45, 2.75) is 6.54 Å². The molecule has 0 atom stereocenters. The van der Waals surface area contributed by atoms with E-state index in [0.717, 1.165) is 21.1 Å². The first-order valence-electron chi connectivity index (χ1n) is 8.43. The van der Waals surface area contributed by atoms with Crippen molar-refractivity contribution < 1.29 is 14.3 Å². The van der Waals surface area contributed by atoms with E-state index >= 15 is 0 Å². The molecule has 0 aliphatic rings. The average molecular weight is 395 g/mol. The highest BCUT2D eigenvalue weighted by Gasteiger charge is 2.11. The van der Waals surface area contributed by atoms with Crippen molar-refractivity contribution >= 4 is 22.2 Å². The molecule has 8 nitrogen and oxygen atoms in total. The number of rotatable bonds is 6. The summed E-state index contributed by atoms with van der Waals surface area (Å²) in [6.07, 6.45) is 1.58. The van der Waals surface area contributed by atoms with Gasteiger partial charge in [0, 0.05) is 23.7 Å². The molecule has 2 heterocycles. The zero-order valence-electron chi connectivity index (χ0n) is 15.2. The smallest absolute Gasteiger partial charge is 0.251 e. The molecule has 0 saturated heterocycles. The molecule has 0 saturated carbocycles. The second-order valence-electron chi connectivity index (χ2n) is 5.95. The van der Waals surface area contributed by atoms with Crippen molar-refractivity contribution in [3.05, 3.63) is 59.9 Å². The van der Waals surface area contributed by atoms with Crippen LogP contribution in [0.25, 0.3) is 15.5 Å². The van der Waals surface area contributed by atoms with Crippen LogP contribution < -0.4 is 14.8 Å². The molecular weight excluding hydrogens is 378 g/mol. The molecule has 0 aliphatic carbocycles. The summed E-state index contributed by atoms with van der Waals surface area (Å²) in [5.41, 5.74) is 2.45. The lowest BCUT2D eigenvalue weighted by Crippen LogP contribution is -2.22. The lowest BCUT2D eigenvalue weighted by atomic mass is 10.1. The Labute approximate surface area is 164 Å². The summed E-state index contributed by atoms with van der Waals surface area (Å²) in [5, 5.41) is 16.0. The summed E-state index contributed by atoms with van der Waals surface area (Å²) >= 11 is 1.47. The first kappa shape index (κ1) is 17.9. The fourth-order valence-corrected chi connectivity index (χ4v) is 3.49. The van der Waals surface area contributed by atoms with Crippen LogP contribution in [-0.4, -0.2) is 39.9 Å². The molecule has 4 rings (SSSR count). The highest BCUT2D eigenvalue weighted by atomic mass is 32.1. The van der Waals surface area contributed by atoms with Crippen LogP contribution in [0.3, 0.4) is 0 Å². The zero-order valence-corrected chi connectivity index (χ0v) is 16.1.